The van der Waals surface area contributed by atoms with E-state index in [0.717, 1.165) is 25.0 Å². The number of aryl methyl sites for hydroxylation is 1. The average molecular weight is 328 g/mol. The average Bonchev–Trinajstić information content (AvgIpc) is 3.09. The van der Waals surface area contributed by atoms with E-state index in [1.54, 1.807) is 0 Å². The van der Waals surface area contributed by atoms with Crippen molar-refractivity contribution in [3.63, 3.8) is 0 Å². The first-order chi connectivity index (χ1) is 11.6. The van der Waals surface area contributed by atoms with Crippen molar-refractivity contribution in [3.05, 3.63) is 59.1 Å². The number of carbonyl (C=O) groups is 1. The third-order valence-corrected chi connectivity index (χ3v) is 3.90. The van der Waals surface area contributed by atoms with Gasteiger partial charge in [-0.1, -0.05) is 6.07 Å². The summed E-state index contributed by atoms with van der Waals surface area (Å²) in [5.41, 5.74) is 2.05. The Morgan fingerprint density at radius 3 is 2.88 bits per heavy atom. The van der Waals surface area contributed by atoms with Gasteiger partial charge in [0, 0.05) is 18.7 Å². The van der Waals surface area contributed by atoms with Gasteiger partial charge in [0.05, 0.1) is 17.4 Å². The molecule has 1 aliphatic heterocycles. The van der Waals surface area contributed by atoms with Gasteiger partial charge in [0.1, 0.15) is 12.4 Å². The Labute approximate surface area is 140 Å². The van der Waals surface area contributed by atoms with E-state index in [9.17, 15) is 10.0 Å². The molecule has 0 aliphatic carbocycles. The Hall–Kier alpha value is -2.60. The van der Waals surface area contributed by atoms with Gasteiger partial charge in [0.2, 0.25) is 0 Å². The third-order valence-electron chi connectivity index (χ3n) is 3.90. The van der Waals surface area contributed by atoms with Crippen molar-refractivity contribution in [2.24, 2.45) is 0 Å². The van der Waals surface area contributed by atoms with Gasteiger partial charge < -0.3 is 20.0 Å². The molecule has 1 N–H and O–H groups in total. The molecule has 2 aromatic rings. The van der Waals surface area contributed by atoms with Gasteiger partial charge in [-0.15, -0.1) is 0 Å². The number of amides is 1. The van der Waals surface area contributed by atoms with Crippen molar-refractivity contribution in [2.45, 2.75) is 25.9 Å². The van der Waals surface area contributed by atoms with E-state index in [-0.39, 0.29) is 12.0 Å². The zero-order valence-corrected chi connectivity index (χ0v) is 13.5. The molecule has 1 aromatic heterocycles. The standard InChI is InChI=1S/C18H20N2O4/c1-13-4-5-16(17(11-13)24-12-15-3-2-10-23-15)19-18(21)14-6-8-20(22)9-7-14/h4-9,11,15H,2-3,10,12H2,1H3,(H,19,21). The maximum absolute atomic E-state index is 12.3. The van der Waals surface area contributed by atoms with Crippen LogP contribution in [0.15, 0.2) is 42.7 Å². The van der Waals surface area contributed by atoms with Gasteiger partial charge in [-0.3, -0.25) is 4.79 Å². The summed E-state index contributed by atoms with van der Waals surface area (Å²) in [7, 11) is 0. The predicted octanol–water partition coefficient (Wildman–Crippen LogP) is 2.44. The lowest BCUT2D eigenvalue weighted by Crippen LogP contribution is -2.25. The Morgan fingerprint density at radius 2 is 2.17 bits per heavy atom. The Morgan fingerprint density at radius 1 is 1.38 bits per heavy atom. The second kappa shape index (κ2) is 7.31. The molecule has 1 saturated heterocycles. The number of hydrogen-bond acceptors (Lipinski definition) is 4. The van der Waals surface area contributed by atoms with Crippen molar-refractivity contribution >= 4 is 11.6 Å². The molecule has 1 aliphatic rings. The number of nitrogens with one attached hydrogen (secondary N) is 1. The topological polar surface area (TPSA) is 74.5 Å². The minimum absolute atomic E-state index is 0.107. The van der Waals surface area contributed by atoms with Crippen LogP contribution in [0.25, 0.3) is 0 Å². The number of ether oxygens (including phenoxy) is 2. The number of hydrogen-bond donors (Lipinski definition) is 1. The van der Waals surface area contributed by atoms with Gasteiger partial charge in [-0.05, 0) is 37.5 Å². The predicted molar refractivity (Wildman–Crippen MR) is 89.0 cm³/mol. The number of benzene rings is 1. The molecule has 1 atom stereocenters. The van der Waals surface area contributed by atoms with E-state index in [4.69, 9.17) is 9.47 Å². The van der Waals surface area contributed by atoms with E-state index < -0.39 is 0 Å². The second-order valence-corrected chi connectivity index (χ2v) is 5.85. The lowest BCUT2D eigenvalue weighted by Gasteiger charge is -2.16. The fraction of sp³-hybridized carbons (Fsp3) is 0.333. The molecular formula is C18H20N2O4. The lowest BCUT2D eigenvalue weighted by atomic mass is 10.2. The molecule has 0 radical (unpaired) electrons. The molecule has 1 aromatic carbocycles. The number of pyridine rings is 1. The second-order valence-electron chi connectivity index (χ2n) is 5.85. The third kappa shape index (κ3) is 4.02. The monoisotopic (exact) mass is 328 g/mol. The first-order valence-electron chi connectivity index (χ1n) is 7.97. The van der Waals surface area contributed by atoms with Crippen LogP contribution in [0.3, 0.4) is 0 Å². The van der Waals surface area contributed by atoms with Crippen LogP contribution in [-0.4, -0.2) is 25.2 Å². The fourth-order valence-electron chi connectivity index (χ4n) is 2.57. The number of rotatable bonds is 5. The van der Waals surface area contributed by atoms with Gasteiger partial charge in [-0.2, -0.15) is 4.73 Å². The first-order valence-corrected chi connectivity index (χ1v) is 7.97. The summed E-state index contributed by atoms with van der Waals surface area (Å²) in [5, 5.41) is 13.9. The molecule has 0 spiro atoms. The lowest BCUT2D eigenvalue weighted by molar-refractivity contribution is -0.605. The van der Waals surface area contributed by atoms with Crippen LogP contribution in [0, 0.1) is 12.1 Å². The Balaban J connectivity index is 1.71. The highest BCUT2D eigenvalue weighted by molar-refractivity contribution is 6.04. The van der Waals surface area contributed by atoms with Crippen molar-refractivity contribution in [1.29, 1.82) is 0 Å². The minimum atomic E-state index is -0.290. The van der Waals surface area contributed by atoms with Crippen LogP contribution in [0.1, 0.15) is 28.8 Å². The molecule has 126 valence electrons. The molecule has 24 heavy (non-hydrogen) atoms. The number of nitrogens with zero attached hydrogens (tertiary/aromatic N) is 1. The van der Waals surface area contributed by atoms with Crippen molar-refractivity contribution in [3.8, 4) is 5.75 Å². The largest absolute Gasteiger partial charge is 0.619 e. The summed E-state index contributed by atoms with van der Waals surface area (Å²) >= 11 is 0. The van der Waals surface area contributed by atoms with E-state index in [2.05, 4.69) is 5.32 Å². The molecule has 2 heterocycles. The van der Waals surface area contributed by atoms with Crippen molar-refractivity contribution < 1.29 is 19.0 Å². The highest BCUT2D eigenvalue weighted by Gasteiger charge is 2.17. The molecule has 6 nitrogen and oxygen atoms in total. The van der Waals surface area contributed by atoms with Crippen LogP contribution < -0.4 is 14.8 Å². The summed E-state index contributed by atoms with van der Waals surface area (Å²) in [5.74, 6) is 0.329. The summed E-state index contributed by atoms with van der Waals surface area (Å²) in [4.78, 5) is 12.3. The number of carbonyl (C=O) groups excluding carboxylic acids is 1. The summed E-state index contributed by atoms with van der Waals surface area (Å²) in [6.45, 7) is 3.21. The maximum Gasteiger partial charge on any atom is 0.256 e. The molecule has 1 fully saturated rings. The van der Waals surface area contributed by atoms with Crippen molar-refractivity contribution in [2.75, 3.05) is 18.5 Å². The zero-order chi connectivity index (χ0) is 16.9. The first kappa shape index (κ1) is 16.3. The SMILES string of the molecule is Cc1ccc(NC(=O)c2cc[n+]([O-])cc2)c(OCC2CCCO2)c1. The van der Waals surface area contributed by atoms with Gasteiger partial charge in [0.25, 0.3) is 5.91 Å². The van der Waals surface area contributed by atoms with Crippen LogP contribution in [0.4, 0.5) is 5.69 Å². The Bertz CT molecular complexity index is 709. The molecular weight excluding hydrogens is 308 g/mol. The molecule has 6 heteroatoms. The molecule has 0 saturated carbocycles. The zero-order valence-electron chi connectivity index (χ0n) is 13.5. The fourth-order valence-corrected chi connectivity index (χ4v) is 2.57. The number of aromatic nitrogens is 1. The highest BCUT2D eigenvalue weighted by Crippen LogP contribution is 2.27. The van der Waals surface area contributed by atoms with E-state index in [0.29, 0.717) is 28.3 Å². The summed E-state index contributed by atoms with van der Waals surface area (Å²) in [6, 6.07) is 8.56. The van der Waals surface area contributed by atoms with E-state index >= 15 is 0 Å². The van der Waals surface area contributed by atoms with Gasteiger partial charge >= 0.3 is 0 Å². The number of anilines is 1. The smallest absolute Gasteiger partial charge is 0.256 e. The maximum atomic E-state index is 12.3. The normalized spacial score (nSPS) is 16.8. The van der Waals surface area contributed by atoms with Gasteiger partial charge in [0.15, 0.2) is 12.4 Å². The Kier molecular flexibility index (Phi) is 4.96. The van der Waals surface area contributed by atoms with Crippen LogP contribution in [-0.2, 0) is 4.74 Å². The van der Waals surface area contributed by atoms with E-state index in [1.807, 2.05) is 25.1 Å². The molecule has 0 bridgehead atoms. The molecule has 3 rings (SSSR count). The minimum Gasteiger partial charge on any atom is -0.619 e. The van der Waals surface area contributed by atoms with Crippen molar-refractivity contribution in [1.82, 2.24) is 0 Å². The quantitative estimate of drug-likeness (QED) is 0.676. The van der Waals surface area contributed by atoms with Crippen LogP contribution in [0.5, 0.6) is 5.75 Å². The van der Waals surface area contributed by atoms with Crippen LogP contribution in [0.2, 0.25) is 0 Å². The van der Waals surface area contributed by atoms with E-state index in [1.165, 1.54) is 24.5 Å². The van der Waals surface area contributed by atoms with Gasteiger partial charge in [-0.25, -0.2) is 0 Å². The highest BCUT2D eigenvalue weighted by atomic mass is 16.5. The molecule has 1 amide bonds. The molecule has 1 unspecified atom stereocenters. The van der Waals surface area contributed by atoms with Crippen LogP contribution >= 0.6 is 0 Å². The summed E-state index contributed by atoms with van der Waals surface area (Å²) < 4.78 is 12.1. The summed E-state index contributed by atoms with van der Waals surface area (Å²) in [6.07, 6.45) is 4.74.